The fraction of sp³-hybridized carbons (Fsp3) is 0.310. The molecule has 8 nitrogen and oxygen atoms in total. The molecule has 0 fully saturated rings. The summed E-state index contributed by atoms with van der Waals surface area (Å²) in [6.07, 6.45) is 0.268. The Hall–Kier alpha value is -3.63. The number of anilines is 1. The molecule has 0 aliphatic rings. The van der Waals surface area contributed by atoms with Crippen LogP contribution in [0.15, 0.2) is 71.6 Å². The summed E-state index contributed by atoms with van der Waals surface area (Å²) in [7, 11) is -2.91. The molecule has 3 aromatic carbocycles. The average Bonchev–Trinajstić information content (AvgIpc) is 2.92. The highest BCUT2D eigenvalue weighted by molar-refractivity contribution is 7.92. The SMILES string of the molecule is CCNC(=O)C(CC)N(Cc1ccc(F)cc1)C(=O)CN(c1cc(Cl)ccc1OC)S(=O)(=O)c1ccc(C)cc1. The number of hydrogen-bond donors (Lipinski definition) is 1. The van der Waals surface area contributed by atoms with Crippen LogP contribution < -0.4 is 14.4 Å². The van der Waals surface area contributed by atoms with Crippen LogP contribution in [-0.4, -0.2) is 51.4 Å². The van der Waals surface area contributed by atoms with Gasteiger partial charge in [0.15, 0.2) is 0 Å². The standard InChI is InChI=1S/C29H33ClFN3O5S/c1-5-25(29(36)32-6-2)33(18-21-9-12-23(31)13-10-21)28(35)19-34(26-17-22(30)11-16-27(26)39-4)40(37,38)24-14-7-20(3)8-15-24/h7-17,25H,5-6,18-19H2,1-4H3,(H,32,36). The van der Waals surface area contributed by atoms with E-state index >= 15 is 0 Å². The summed E-state index contributed by atoms with van der Waals surface area (Å²) >= 11 is 6.25. The molecule has 3 aromatic rings. The minimum atomic E-state index is -4.29. The fourth-order valence-electron chi connectivity index (χ4n) is 4.21. The molecule has 0 aromatic heterocycles. The van der Waals surface area contributed by atoms with E-state index in [2.05, 4.69) is 5.32 Å². The summed E-state index contributed by atoms with van der Waals surface area (Å²) in [5, 5.41) is 2.98. The summed E-state index contributed by atoms with van der Waals surface area (Å²) in [6.45, 7) is 5.01. The number of rotatable bonds is 12. The van der Waals surface area contributed by atoms with Crippen molar-refractivity contribution >= 4 is 39.1 Å². The van der Waals surface area contributed by atoms with E-state index in [1.807, 2.05) is 6.92 Å². The van der Waals surface area contributed by atoms with Gasteiger partial charge < -0.3 is 15.0 Å². The number of ether oxygens (including phenoxy) is 1. The molecule has 214 valence electrons. The van der Waals surface area contributed by atoms with Gasteiger partial charge >= 0.3 is 0 Å². The molecule has 0 saturated carbocycles. The molecule has 11 heteroatoms. The van der Waals surface area contributed by atoms with Crippen molar-refractivity contribution in [3.05, 3.63) is 88.7 Å². The van der Waals surface area contributed by atoms with Gasteiger partial charge in [-0.15, -0.1) is 0 Å². The molecule has 0 bridgehead atoms. The van der Waals surface area contributed by atoms with Gasteiger partial charge in [-0.3, -0.25) is 13.9 Å². The number of carbonyl (C=O) groups excluding carboxylic acids is 2. The summed E-state index contributed by atoms with van der Waals surface area (Å²) in [4.78, 5) is 28.3. The van der Waals surface area contributed by atoms with Crippen LogP contribution in [0.1, 0.15) is 31.4 Å². The van der Waals surface area contributed by atoms with Gasteiger partial charge in [0.25, 0.3) is 10.0 Å². The molecule has 0 radical (unpaired) electrons. The highest BCUT2D eigenvalue weighted by Gasteiger charge is 2.34. The second-order valence-electron chi connectivity index (χ2n) is 9.11. The Morgan fingerprint density at radius 2 is 1.68 bits per heavy atom. The Balaban J connectivity index is 2.12. The smallest absolute Gasteiger partial charge is 0.264 e. The van der Waals surface area contributed by atoms with E-state index in [-0.39, 0.29) is 40.2 Å². The second-order valence-corrected chi connectivity index (χ2v) is 11.4. The van der Waals surface area contributed by atoms with Gasteiger partial charge in [0.1, 0.15) is 24.2 Å². The van der Waals surface area contributed by atoms with E-state index < -0.39 is 34.3 Å². The second kappa shape index (κ2) is 13.6. The average molecular weight is 590 g/mol. The van der Waals surface area contributed by atoms with Crippen LogP contribution in [0.3, 0.4) is 0 Å². The van der Waals surface area contributed by atoms with Crippen LogP contribution in [0.4, 0.5) is 10.1 Å². The van der Waals surface area contributed by atoms with Crippen LogP contribution in [0, 0.1) is 12.7 Å². The zero-order valence-corrected chi connectivity index (χ0v) is 24.4. The largest absolute Gasteiger partial charge is 0.495 e. The van der Waals surface area contributed by atoms with E-state index in [4.69, 9.17) is 16.3 Å². The number of carbonyl (C=O) groups is 2. The Bertz CT molecular complexity index is 1430. The van der Waals surface area contributed by atoms with Gasteiger partial charge in [0.2, 0.25) is 11.8 Å². The molecule has 0 saturated heterocycles. The number of hydrogen-bond acceptors (Lipinski definition) is 5. The molecule has 0 aliphatic heterocycles. The molecule has 0 aliphatic carbocycles. The highest BCUT2D eigenvalue weighted by atomic mass is 35.5. The minimum absolute atomic E-state index is 0.0335. The van der Waals surface area contributed by atoms with Crippen molar-refractivity contribution in [2.75, 3.05) is 24.5 Å². The third-order valence-corrected chi connectivity index (χ3v) is 8.31. The molecule has 2 amide bonds. The number of sulfonamides is 1. The number of nitrogens with zero attached hydrogens (tertiary/aromatic N) is 2. The maximum Gasteiger partial charge on any atom is 0.264 e. The van der Waals surface area contributed by atoms with Gasteiger partial charge in [-0.25, -0.2) is 12.8 Å². The van der Waals surface area contributed by atoms with Gasteiger partial charge in [-0.1, -0.05) is 48.4 Å². The van der Waals surface area contributed by atoms with E-state index in [9.17, 15) is 22.4 Å². The van der Waals surface area contributed by atoms with E-state index in [0.29, 0.717) is 12.1 Å². The van der Waals surface area contributed by atoms with Crippen molar-refractivity contribution in [1.82, 2.24) is 10.2 Å². The molecule has 3 rings (SSSR count). The van der Waals surface area contributed by atoms with Crippen LogP contribution in [0.2, 0.25) is 5.02 Å². The molecule has 1 atom stereocenters. The Morgan fingerprint density at radius 1 is 1.02 bits per heavy atom. The number of benzene rings is 3. The molecule has 0 heterocycles. The fourth-order valence-corrected chi connectivity index (χ4v) is 5.79. The van der Waals surface area contributed by atoms with Gasteiger partial charge in [0, 0.05) is 18.1 Å². The predicted molar refractivity (Wildman–Crippen MR) is 153 cm³/mol. The lowest BCUT2D eigenvalue weighted by atomic mass is 10.1. The lowest BCUT2D eigenvalue weighted by molar-refractivity contribution is -0.140. The number of nitrogens with one attached hydrogen (secondary N) is 1. The Labute approximate surface area is 239 Å². The van der Waals surface area contributed by atoms with E-state index in [0.717, 1.165) is 9.87 Å². The molecular formula is C29H33ClFN3O5S. The first-order valence-electron chi connectivity index (χ1n) is 12.8. The van der Waals surface area contributed by atoms with Crippen molar-refractivity contribution in [2.24, 2.45) is 0 Å². The Morgan fingerprint density at radius 3 is 2.25 bits per heavy atom. The van der Waals surface area contributed by atoms with Crippen molar-refractivity contribution < 1.29 is 27.1 Å². The molecule has 40 heavy (non-hydrogen) atoms. The maximum atomic E-state index is 14.0. The topological polar surface area (TPSA) is 96.0 Å². The van der Waals surface area contributed by atoms with Crippen molar-refractivity contribution in [3.8, 4) is 5.75 Å². The molecule has 1 N–H and O–H groups in total. The third-order valence-electron chi connectivity index (χ3n) is 6.30. The van der Waals surface area contributed by atoms with E-state index in [1.165, 1.54) is 60.5 Å². The molecule has 1 unspecified atom stereocenters. The number of amides is 2. The monoisotopic (exact) mass is 589 g/mol. The zero-order chi connectivity index (χ0) is 29.4. The first kappa shape index (κ1) is 30.9. The van der Waals surface area contributed by atoms with Gasteiger partial charge in [-0.05, 0) is 68.3 Å². The van der Waals surface area contributed by atoms with Crippen LogP contribution in [0.5, 0.6) is 5.75 Å². The number of halogens is 2. The summed E-state index contributed by atoms with van der Waals surface area (Å²) in [5.74, 6) is -1.27. The van der Waals surface area contributed by atoms with Crippen LogP contribution in [-0.2, 0) is 26.2 Å². The molecule has 0 spiro atoms. The first-order valence-corrected chi connectivity index (χ1v) is 14.6. The number of likely N-dealkylation sites (N-methyl/N-ethyl adjacent to an activating group) is 1. The number of aryl methyl sites for hydroxylation is 1. The molecular weight excluding hydrogens is 557 g/mol. The normalized spacial score (nSPS) is 11.9. The van der Waals surface area contributed by atoms with Crippen molar-refractivity contribution in [2.45, 2.75) is 44.7 Å². The van der Waals surface area contributed by atoms with Crippen molar-refractivity contribution in [3.63, 3.8) is 0 Å². The predicted octanol–water partition coefficient (Wildman–Crippen LogP) is 4.93. The van der Waals surface area contributed by atoms with E-state index in [1.54, 1.807) is 32.0 Å². The zero-order valence-electron chi connectivity index (χ0n) is 22.9. The summed E-state index contributed by atoms with van der Waals surface area (Å²) in [6, 6.07) is 15.3. The maximum absolute atomic E-state index is 14.0. The van der Waals surface area contributed by atoms with Gasteiger partial charge in [-0.2, -0.15) is 0 Å². The van der Waals surface area contributed by atoms with Crippen LogP contribution in [0.25, 0.3) is 0 Å². The lowest BCUT2D eigenvalue weighted by Gasteiger charge is -2.33. The summed E-state index contributed by atoms with van der Waals surface area (Å²) in [5.41, 5.74) is 1.50. The number of methoxy groups -OCH3 is 1. The Kier molecular flexibility index (Phi) is 10.5. The lowest BCUT2D eigenvalue weighted by Crippen LogP contribution is -2.52. The van der Waals surface area contributed by atoms with Crippen molar-refractivity contribution in [1.29, 1.82) is 0 Å². The first-order chi connectivity index (χ1) is 19.0. The highest BCUT2D eigenvalue weighted by Crippen LogP contribution is 2.35. The third kappa shape index (κ3) is 7.31. The summed E-state index contributed by atoms with van der Waals surface area (Å²) < 4.78 is 47.9. The minimum Gasteiger partial charge on any atom is -0.495 e. The van der Waals surface area contributed by atoms with Gasteiger partial charge in [0.05, 0.1) is 17.7 Å². The quantitative estimate of drug-likeness (QED) is 0.323. The van der Waals surface area contributed by atoms with Crippen LogP contribution >= 0.6 is 11.6 Å².